The lowest BCUT2D eigenvalue weighted by Gasteiger charge is -2.23. The van der Waals surface area contributed by atoms with E-state index in [2.05, 4.69) is 9.82 Å². The number of hydrogen-bond donors (Lipinski definition) is 1. The monoisotopic (exact) mass is 341 g/mol. The Hall–Kier alpha value is -2.28. The SMILES string of the molecule is O=S(=O)(NN1CC=CCC1)c1ccc(N=Cc2ccccc2)cc1. The van der Waals surface area contributed by atoms with Crippen molar-refractivity contribution < 1.29 is 8.42 Å². The summed E-state index contributed by atoms with van der Waals surface area (Å²) in [5.74, 6) is 0. The maximum absolute atomic E-state index is 12.4. The van der Waals surface area contributed by atoms with Crippen molar-refractivity contribution in [1.29, 1.82) is 0 Å². The summed E-state index contributed by atoms with van der Waals surface area (Å²) in [7, 11) is -3.55. The largest absolute Gasteiger partial charge is 0.256 e. The predicted octanol–water partition coefficient (Wildman–Crippen LogP) is 2.89. The first-order valence-corrected chi connectivity index (χ1v) is 9.23. The van der Waals surface area contributed by atoms with Crippen LogP contribution in [0.1, 0.15) is 12.0 Å². The van der Waals surface area contributed by atoms with E-state index in [-0.39, 0.29) is 4.90 Å². The molecule has 2 aromatic rings. The minimum absolute atomic E-state index is 0.232. The van der Waals surface area contributed by atoms with E-state index in [1.807, 2.05) is 42.5 Å². The van der Waals surface area contributed by atoms with Crippen molar-refractivity contribution in [2.75, 3.05) is 13.1 Å². The number of nitrogens with zero attached hydrogens (tertiary/aromatic N) is 2. The van der Waals surface area contributed by atoms with Crippen LogP contribution in [0.4, 0.5) is 5.69 Å². The molecule has 2 aromatic carbocycles. The van der Waals surface area contributed by atoms with Crippen LogP contribution in [0.5, 0.6) is 0 Å². The van der Waals surface area contributed by atoms with Gasteiger partial charge >= 0.3 is 0 Å². The van der Waals surface area contributed by atoms with E-state index >= 15 is 0 Å². The molecule has 1 aliphatic heterocycles. The summed E-state index contributed by atoms with van der Waals surface area (Å²) in [6.07, 6.45) is 6.59. The first-order valence-electron chi connectivity index (χ1n) is 7.75. The van der Waals surface area contributed by atoms with Gasteiger partial charge in [0, 0.05) is 19.3 Å². The van der Waals surface area contributed by atoms with Crippen molar-refractivity contribution in [3.63, 3.8) is 0 Å². The minimum Gasteiger partial charge on any atom is -0.256 e. The minimum atomic E-state index is -3.55. The molecule has 1 N–H and O–H groups in total. The molecule has 0 fully saturated rings. The second-order valence-electron chi connectivity index (χ2n) is 5.46. The van der Waals surface area contributed by atoms with Crippen molar-refractivity contribution >= 4 is 21.9 Å². The van der Waals surface area contributed by atoms with Gasteiger partial charge in [0.2, 0.25) is 0 Å². The molecule has 24 heavy (non-hydrogen) atoms. The Balaban J connectivity index is 1.69. The molecule has 3 rings (SSSR count). The number of sulfonamides is 1. The predicted molar refractivity (Wildman–Crippen MR) is 95.8 cm³/mol. The highest BCUT2D eigenvalue weighted by molar-refractivity contribution is 7.89. The average molecular weight is 341 g/mol. The number of nitrogens with one attached hydrogen (secondary N) is 1. The Bertz CT molecular complexity index is 828. The van der Waals surface area contributed by atoms with Crippen LogP contribution in [0.2, 0.25) is 0 Å². The van der Waals surface area contributed by atoms with Gasteiger partial charge in [-0.2, -0.15) is 0 Å². The van der Waals surface area contributed by atoms with E-state index in [0.717, 1.165) is 12.0 Å². The highest BCUT2D eigenvalue weighted by Gasteiger charge is 2.18. The van der Waals surface area contributed by atoms with Crippen LogP contribution in [0.15, 0.2) is 76.6 Å². The number of hydrazine groups is 1. The van der Waals surface area contributed by atoms with E-state index in [4.69, 9.17) is 0 Å². The molecular formula is C18H19N3O2S. The Kier molecular flexibility index (Phi) is 5.20. The van der Waals surface area contributed by atoms with Gasteiger partial charge in [-0.25, -0.2) is 13.4 Å². The fourth-order valence-corrected chi connectivity index (χ4v) is 3.45. The molecule has 5 nitrogen and oxygen atoms in total. The molecule has 0 saturated carbocycles. The fraction of sp³-hybridized carbons (Fsp3) is 0.167. The summed E-state index contributed by atoms with van der Waals surface area (Å²) in [5.41, 5.74) is 1.70. The van der Waals surface area contributed by atoms with Crippen molar-refractivity contribution in [3.05, 3.63) is 72.3 Å². The van der Waals surface area contributed by atoms with Crippen LogP contribution in [0, 0.1) is 0 Å². The van der Waals surface area contributed by atoms with E-state index in [1.54, 1.807) is 35.5 Å². The number of hydrogen-bond acceptors (Lipinski definition) is 4. The Morgan fingerprint density at radius 1 is 1.00 bits per heavy atom. The molecule has 0 aliphatic carbocycles. The molecule has 124 valence electrons. The van der Waals surface area contributed by atoms with Gasteiger partial charge in [-0.3, -0.25) is 4.99 Å². The first kappa shape index (κ1) is 16.6. The molecule has 6 heteroatoms. The molecule has 1 aliphatic rings. The lowest BCUT2D eigenvalue weighted by molar-refractivity contribution is 0.263. The van der Waals surface area contributed by atoms with Gasteiger partial charge in [-0.1, -0.05) is 42.5 Å². The zero-order valence-electron chi connectivity index (χ0n) is 13.2. The number of rotatable bonds is 5. The third-order valence-corrected chi connectivity index (χ3v) is 5.01. The molecule has 0 bridgehead atoms. The average Bonchev–Trinajstić information content (AvgIpc) is 2.62. The molecule has 0 radical (unpaired) electrons. The van der Waals surface area contributed by atoms with Gasteiger partial charge in [-0.15, -0.1) is 4.83 Å². The molecule has 0 amide bonds. The van der Waals surface area contributed by atoms with Crippen molar-refractivity contribution in [2.24, 2.45) is 4.99 Å². The van der Waals surface area contributed by atoms with Crippen LogP contribution in [-0.2, 0) is 10.0 Å². The van der Waals surface area contributed by atoms with Crippen LogP contribution < -0.4 is 4.83 Å². The maximum Gasteiger partial charge on any atom is 0.253 e. The van der Waals surface area contributed by atoms with Crippen LogP contribution >= 0.6 is 0 Å². The van der Waals surface area contributed by atoms with Crippen molar-refractivity contribution in [3.8, 4) is 0 Å². The Morgan fingerprint density at radius 2 is 1.75 bits per heavy atom. The second-order valence-corrected chi connectivity index (χ2v) is 7.12. The zero-order chi connectivity index (χ0) is 16.8. The van der Waals surface area contributed by atoms with Gasteiger partial charge < -0.3 is 0 Å². The van der Waals surface area contributed by atoms with E-state index < -0.39 is 10.0 Å². The van der Waals surface area contributed by atoms with Gasteiger partial charge in [-0.05, 0) is 36.2 Å². The summed E-state index contributed by atoms with van der Waals surface area (Å²) < 4.78 is 24.8. The van der Waals surface area contributed by atoms with Crippen molar-refractivity contribution in [2.45, 2.75) is 11.3 Å². The molecule has 0 saturated heterocycles. The highest BCUT2D eigenvalue weighted by Crippen LogP contribution is 2.17. The Morgan fingerprint density at radius 3 is 2.42 bits per heavy atom. The van der Waals surface area contributed by atoms with Gasteiger partial charge in [0.1, 0.15) is 0 Å². The van der Waals surface area contributed by atoms with E-state index in [9.17, 15) is 8.42 Å². The normalized spacial score (nSPS) is 15.8. The van der Waals surface area contributed by atoms with E-state index in [0.29, 0.717) is 18.8 Å². The quantitative estimate of drug-likeness (QED) is 0.672. The summed E-state index contributed by atoms with van der Waals surface area (Å²) in [6.45, 7) is 1.26. The van der Waals surface area contributed by atoms with Gasteiger partial charge in [0.05, 0.1) is 10.6 Å². The first-order chi connectivity index (χ1) is 11.6. The lowest BCUT2D eigenvalue weighted by Crippen LogP contribution is -2.43. The molecule has 0 unspecified atom stereocenters. The second kappa shape index (κ2) is 7.53. The summed E-state index contributed by atoms with van der Waals surface area (Å²) >= 11 is 0. The van der Waals surface area contributed by atoms with Crippen molar-refractivity contribution in [1.82, 2.24) is 9.84 Å². The summed E-state index contributed by atoms with van der Waals surface area (Å²) in [6, 6.07) is 16.3. The van der Waals surface area contributed by atoms with Crippen LogP contribution in [0.25, 0.3) is 0 Å². The highest BCUT2D eigenvalue weighted by atomic mass is 32.2. The third-order valence-electron chi connectivity index (χ3n) is 3.62. The smallest absolute Gasteiger partial charge is 0.253 e. The lowest BCUT2D eigenvalue weighted by atomic mass is 10.2. The summed E-state index contributed by atoms with van der Waals surface area (Å²) in [5, 5.41) is 1.69. The molecule has 0 spiro atoms. The number of benzene rings is 2. The fourth-order valence-electron chi connectivity index (χ4n) is 2.35. The Labute approximate surface area is 142 Å². The molecule has 0 atom stereocenters. The third kappa shape index (κ3) is 4.38. The van der Waals surface area contributed by atoms with Crippen LogP contribution in [-0.4, -0.2) is 32.7 Å². The van der Waals surface area contributed by atoms with Gasteiger partial charge in [0.15, 0.2) is 0 Å². The van der Waals surface area contributed by atoms with Gasteiger partial charge in [0.25, 0.3) is 10.0 Å². The standard InChI is InChI=1S/C18H19N3O2S/c22-24(23,20-21-13-5-2-6-14-21)18-11-9-17(10-12-18)19-15-16-7-3-1-4-8-16/h1-5,7-12,15,20H,6,13-14H2. The van der Waals surface area contributed by atoms with E-state index in [1.165, 1.54) is 0 Å². The zero-order valence-corrected chi connectivity index (χ0v) is 14.0. The number of aliphatic imine (C=N–C) groups is 1. The van der Waals surface area contributed by atoms with Crippen LogP contribution in [0.3, 0.4) is 0 Å². The molecule has 1 heterocycles. The summed E-state index contributed by atoms with van der Waals surface area (Å²) in [4.78, 5) is 7.19. The topological polar surface area (TPSA) is 61.8 Å². The maximum atomic E-state index is 12.4. The molecular weight excluding hydrogens is 322 g/mol. The molecule has 0 aromatic heterocycles.